The Balaban J connectivity index is 2.30. The minimum Gasteiger partial charge on any atom is -0.317 e. The quantitative estimate of drug-likeness (QED) is 0.587. The van der Waals surface area contributed by atoms with Crippen LogP contribution in [0.5, 0.6) is 0 Å². The van der Waals surface area contributed by atoms with E-state index in [0.29, 0.717) is 11.0 Å². The van der Waals surface area contributed by atoms with Crippen molar-refractivity contribution in [1.82, 2.24) is 4.90 Å². The summed E-state index contributed by atoms with van der Waals surface area (Å²) in [5.41, 5.74) is 2.45. The smallest absolute Gasteiger partial charge is 0.236 e. The highest BCUT2D eigenvalue weighted by Crippen LogP contribution is 2.34. The lowest BCUT2D eigenvalue weighted by molar-refractivity contribution is -0.125. The third kappa shape index (κ3) is 1.53. The van der Waals surface area contributed by atoms with Crippen LogP contribution in [-0.4, -0.2) is 28.9 Å². The van der Waals surface area contributed by atoms with Crippen LogP contribution in [0, 0.1) is 0 Å². The Morgan fingerprint density at radius 1 is 1.62 bits per heavy atom. The van der Waals surface area contributed by atoms with E-state index in [-0.39, 0.29) is 5.91 Å². The first-order chi connectivity index (χ1) is 6.18. The van der Waals surface area contributed by atoms with Gasteiger partial charge in [-0.2, -0.15) is 0 Å². The number of thioether (sulfide) groups is 1. The number of nitrogens with zero attached hydrogens (tertiary/aromatic N) is 1. The molecule has 0 aromatic heterocycles. The van der Waals surface area contributed by atoms with Crippen LogP contribution in [0.15, 0.2) is 23.4 Å². The average molecular weight is 195 g/mol. The van der Waals surface area contributed by atoms with E-state index in [9.17, 15) is 4.79 Å². The number of carbonyl (C=O) groups is 1. The Hall–Kier alpha value is -0.700. The molecule has 1 aliphatic heterocycles. The van der Waals surface area contributed by atoms with Crippen LogP contribution in [0.25, 0.3) is 0 Å². The van der Waals surface area contributed by atoms with Gasteiger partial charge in [-0.15, -0.1) is 11.8 Å². The van der Waals surface area contributed by atoms with E-state index in [1.807, 2.05) is 7.05 Å². The van der Waals surface area contributed by atoms with Crippen LogP contribution < -0.4 is 0 Å². The molecule has 1 amide bonds. The van der Waals surface area contributed by atoms with Crippen molar-refractivity contribution in [3.05, 3.63) is 23.4 Å². The molecule has 1 atom stereocenters. The van der Waals surface area contributed by atoms with Gasteiger partial charge in [-0.3, -0.25) is 4.79 Å². The van der Waals surface area contributed by atoms with Gasteiger partial charge in [0.1, 0.15) is 0 Å². The number of fused-ring (bicyclic) bond motifs is 1. The van der Waals surface area contributed by atoms with Crippen molar-refractivity contribution in [1.29, 1.82) is 0 Å². The lowest BCUT2D eigenvalue weighted by Gasteiger charge is -2.34. The van der Waals surface area contributed by atoms with Crippen LogP contribution in [0.4, 0.5) is 0 Å². The first-order valence-electron chi connectivity index (χ1n) is 4.45. The predicted molar refractivity (Wildman–Crippen MR) is 55.5 cm³/mol. The van der Waals surface area contributed by atoms with Crippen molar-refractivity contribution in [3.8, 4) is 0 Å². The molecule has 0 radical (unpaired) electrons. The minimum atomic E-state index is 0.224. The second-order valence-corrected chi connectivity index (χ2v) is 4.70. The molecule has 2 nitrogen and oxygen atoms in total. The summed E-state index contributed by atoms with van der Waals surface area (Å²) in [5, 5.41) is 0.506. The SMILES string of the molecule is CC1=CCC2SCC(=O)N(C)C2=C1. The van der Waals surface area contributed by atoms with Crippen LogP contribution in [0.1, 0.15) is 13.3 Å². The Kier molecular flexibility index (Phi) is 2.20. The Morgan fingerprint density at radius 2 is 2.38 bits per heavy atom. The number of carbonyl (C=O) groups excluding carboxylic acids is 1. The van der Waals surface area contributed by atoms with Gasteiger partial charge in [0.2, 0.25) is 5.91 Å². The molecule has 0 aromatic rings. The molecule has 1 fully saturated rings. The standard InChI is InChI=1S/C10H13NOS/c1-7-3-4-9-8(5-7)11(2)10(12)6-13-9/h3,5,9H,4,6H2,1-2H3. The summed E-state index contributed by atoms with van der Waals surface area (Å²) in [6.07, 6.45) is 5.43. The normalized spacial score (nSPS) is 28.0. The Bertz CT molecular complexity index is 306. The average Bonchev–Trinajstić information content (AvgIpc) is 2.12. The summed E-state index contributed by atoms with van der Waals surface area (Å²) in [7, 11) is 1.87. The van der Waals surface area contributed by atoms with Gasteiger partial charge in [-0.25, -0.2) is 0 Å². The predicted octanol–water partition coefficient (Wildman–Crippen LogP) is 1.79. The van der Waals surface area contributed by atoms with Gasteiger partial charge in [-0.05, 0) is 19.4 Å². The number of amides is 1. The molecule has 2 aliphatic rings. The number of allylic oxidation sites excluding steroid dienone is 3. The van der Waals surface area contributed by atoms with E-state index < -0.39 is 0 Å². The fraction of sp³-hybridized carbons (Fsp3) is 0.500. The molecule has 0 aromatic carbocycles. The fourth-order valence-corrected chi connectivity index (χ4v) is 2.84. The maximum Gasteiger partial charge on any atom is 0.236 e. The topological polar surface area (TPSA) is 20.3 Å². The molecular formula is C10H13NOS. The molecule has 13 heavy (non-hydrogen) atoms. The fourth-order valence-electron chi connectivity index (χ4n) is 1.68. The first kappa shape index (κ1) is 8.88. The zero-order valence-corrected chi connectivity index (χ0v) is 8.73. The van der Waals surface area contributed by atoms with Gasteiger partial charge in [-0.1, -0.05) is 11.6 Å². The van der Waals surface area contributed by atoms with E-state index >= 15 is 0 Å². The molecule has 70 valence electrons. The van der Waals surface area contributed by atoms with Crippen molar-refractivity contribution in [2.75, 3.05) is 12.8 Å². The highest BCUT2D eigenvalue weighted by Gasteiger charge is 2.29. The van der Waals surface area contributed by atoms with E-state index in [0.717, 1.165) is 6.42 Å². The van der Waals surface area contributed by atoms with Crippen LogP contribution in [0.3, 0.4) is 0 Å². The second-order valence-electron chi connectivity index (χ2n) is 3.51. The molecule has 3 heteroatoms. The lowest BCUT2D eigenvalue weighted by atomic mass is 10.0. The van der Waals surface area contributed by atoms with E-state index in [1.54, 1.807) is 16.7 Å². The van der Waals surface area contributed by atoms with Crippen molar-refractivity contribution >= 4 is 17.7 Å². The molecule has 0 bridgehead atoms. The highest BCUT2D eigenvalue weighted by atomic mass is 32.2. The zero-order chi connectivity index (χ0) is 9.42. The largest absolute Gasteiger partial charge is 0.317 e. The van der Waals surface area contributed by atoms with E-state index in [1.165, 1.54) is 11.3 Å². The Labute approximate surface area is 82.7 Å². The van der Waals surface area contributed by atoms with E-state index in [4.69, 9.17) is 0 Å². The third-order valence-electron chi connectivity index (χ3n) is 2.53. The van der Waals surface area contributed by atoms with Crippen LogP contribution in [0.2, 0.25) is 0 Å². The lowest BCUT2D eigenvalue weighted by Crippen LogP contribution is -2.38. The molecule has 0 saturated carbocycles. The first-order valence-corrected chi connectivity index (χ1v) is 5.50. The number of hydrogen-bond acceptors (Lipinski definition) is 2. The van der Waals surface area contributed by atoms with Crippen molar-refractivity contribution in [2.24, 2.45) is 0 Å². The number of rotatable bonds is 0. The summed E-state index contributed by atoms with van der Waals surface area (Å²) >= 11 is 1.76. The second kappa shape index (κ2) is 3.22. The van der Waals surface area contributed by atoms with Gasteiger partial charge < -0.3 is 4.90 Å². The molecular weight excluding hydrogens is 182 g/mol. The molecule has 1 heterocycles. The minimum absolute atomic E-state index is 0.224. The molecule has 1 aliphatic carbocycles. The highest BCUT2D eigenvalue weighted by molar-refractivity contribution is 8.00. The van der Waals surface area contributed by atoms with Gasteiger partial charge in [0.15, 0.2) is 0 Å². The Morgan fingerprint density at radius 3 is 3.15 bits per heavy atom. The van der Waals surface area contributed by atoms with Gasteiger partial charge in [0, 0.05) is 18.0 Å². The summed E-state index contributed by atoms with van der Waals surface area (Å²) < 4.78 is 0. The van der Waals surface area contributed by atoms with Gasteiger partial charge >= 0.3 is 0 Å². The van der Waals surface area contributed by atoms with Gasteiger partial charge in [0.25, 0.3) is 0 Å². The summed E-state index contributed by atoms with van der Waals surface area (Å²) in [4.78, 5) is 13.2. The van der Waals surface area contributed by atoms with Crippen molar-refractivity contribution in [2.45, 2.75) is 18.6 Å². The molecule has 1 unspecified atom stereocenters. The maximum absolute atomic E-state index is 11.4. The van der Waals surface area contributed by atoms with E-state index in [2.05, 4.69) is 19.1 Å². The van der Waals surface area contributed by atoms with Crippen LogP contribution in [-0.2, 0) is 4.79 Å². The summed E-state index contributed by atoms with van der Waals surface area (Å²) in [5.74, 6) is 0.855. The molecule has 0 spiro atoms. The molecule has 1 saturated heterocycles. The third-order valence-corrected chi connectivity index (χ3v) is 3.78. The maximum atomic E-state index is 11.4. The van der Waals surface area contributed by atoms with Gasteiger partial charge in [0.05, 0.1) is 5.75 Å². The summed E-state index contributed by atoms with van der Waals surface area (Å²) in [6.45, 7) is 2.08. The zero-order valence-electron chi connectivity index (χ0n) is 7.91. The molecule has 0 N–H and O–H groups in total. The summed E-state index contributed by atoms with van der Waals surface area (Å²) in [6, 6.07) is 0. The number of hydrogen-bond donors (Lipinski definition) is 0. The monoisotopic (exact) mass is 195 g/mol. The van der Waals surface area contributed by atoms with Crippen molar-refractivity contribution in [3.63, 3.8) is 0 Å². The van der Waals surface area contributed by atoms with Crippen molar-refractivity contribution < 1.29 is 4.79 Å². The molecule has 2 rings (SSSR count). The van der Waals surface area contributed by atoms with Crippen LogP contribution >= 0.6 is 11.8 Å².